The fraction of sp³-hybridized carbons (Fsp3) is 0.556. The van der Waals surface area contributed by atoms with Crippen molar-refractivity contribution >= 4 is 21.7 Å². The predicted octanol–water partition coefficient (Wildman–Crippen LogP) is 0.548. The summed E-state index contributed by atoms with van der Waals surface area (Å²) in [5.74, 6) is 0.0823. The largest absolute Gasteiger partial charge is 0.342 e. The quantitative estimate of drug-likeness (QED) is 0.749. The van der Waals surface area contributed by atoms with Gasteiger partial charge in [0.1, 0.15) is 0 Å². The van der Waals surface area contributed by atoms with Gasteiger partial charge in [-0.3, -0.25) is 9.52 Å². The number of carbonyl (C=O) groups is 1. The summed E-state index contributed by atoms with van der Waals surface area (Å²) in [6, 6.07) is 0. The number of nitrogens with one attached hydrogen (secondary N) is 1. The summed E-state index contributed by atoms with van der Waals surface area (Å²) in [5.41, 5.74) is 1.12. The molecular weight excluding hydrogens is 216 g/mol. The number of nitrogens with zero attached hydrogens (tertiary/aromatic N) is 1. The van der Waals surface area contributed by atoms with Gasteiger partial charge in [-0.05, 0) is 26.7 Å². The van der Waals surface area contributed by atoms with E-state index in [1.807, 2.05) is 0 Å². The Labute approximate surface area is 88.5 Å². The molecule has 0 bridgehead atoms. The lowest BCUT2D eigenvalue weighted by Crippen LogP contribution is -2.31. The molecule has 0 aromatic heterocycles. The van der Waals surface area contributed by atoms with E-state index in [9.17, 15) is 13.2 Å². The third-order valence-corrected chi connectivity index (χ3v) is 3.55. The van der Waals surface area contributed by atoms with E-state index in [-0.39, 0.29) is 11.7 Å². The zero-order valence-electron chi connectivity index (χ0n) is 8.57. The van der Waals surface area contributed by atoms with Crippen LogP contribution in [0.5, 0.6) is 0 Å². The first-order valence-corrected chi connectivity index (χ1v) is 6.19. The van der Waals surface area contributed by atoms with Gasteiger partial charge in [-0.15, -0.1) is 4.40 Å². The average molecular weight is 228 g/mol. The van der Waals surface area contributed by atoms with Crippen LogP contribution in [0.2, 0.25) is 0 Å². The summed E-state index contributed by atoms with van der Waals surface area (Å²) in [5, 5.41) is 0. The lowest BCUT2D eigenvalue weighted by Gasteiger charge is -2.16. The number of ketones is 1. The van der Waals surface area contributed by atoms with Crippen LogP contribution in [0, 0.1) is 5.92 Å². The van der Waals surface area contributed by atoms with Crippen LogP contribution in [0.1, 0.15) is 26.7 Å². The summed E-state index contributed by atoms with van der Waals surface area (Å²) in [6.07, 6.45) is 1.80. The monoisotopic (exact) mass is 228 g/mol. The number of allylic oxidation sites excluding steroid dienone is 2. The highest BCUT2D eigenvalue weighted by Gasteiger charge is 2.35. The Morgan fingerprint density at radius 2 is 2.00 bits per heavy atom. The standard InChI is InChI=1S/C9H12N2O3S/c1-5-8(9(12)7-3-4-7)6(2)11-15(13,14)10-5/h7,10H,3-4H2,1-2H3. The van der Waals surface area contributed by atoms with E-state index in [2.05, 4.69) is 9.12 Å². The van der Waals surface area contributed by atoms with Crippen LogP contribution < -0.4 is 4.72 Å². The van der Waals surface area contributed by atoms with Gasteiger partial charge in [0.15, 0.2) is 5.78 Å². The maximum Gasteiger partial charge on any atom is 0.342 e. The molecule has 1 aliphatic carbocycles. The maximum atomic E-state index is 11.8. The lowest BCUT2D eigenvalue weighted by atomic mass is 10.0. The van der Waals surface area contributed by atoms with Crippen LogP contribution in [-0.2, 0) is 15.0 Å². The summed E-state index contributed by atoms with van der Waals surface area (Å²) < 4.78 is 28.1. The Kier molecular flexibility index (Phi) is 2.18. The average Bonchev–Trinajstić information content (AvgIpc) is 2.80. The van der Waals surface area contributed by atoms with Gasteiger partial charge < -0.3 is 0 Å². The zero-order valence-corrected chi connectivity index (χ0v) is 9.39. The highest BCUT2D eigenvalue weighted by molar-refractivity contribution is 7.88. The van der Waals surface area contributed by atoms with E-state index in [4.69, 9.17) is 0 Å². The minimum atomic E-state index is -3.62. The smallest absolute Gasteiger partial charge is 0.294 e. The summed E-state index contributed by atoms with van der Waals surface area (Å²) in [7, 11) is -3.62. The molecule has 82 valence electrons. The van der Waals surface area contributed by atoms with E-state index >= 15 is 0 Å². The van der Waals surface area contributed by atoms with Crippen LogP contribution >= 0.6 is 0 Å². The molecule has 0 aromatic rings. The van der Waals surface area contributed by atoms with Gasteiger partial charge in [0.05, 0.1) is 11.3 Å². The van der Waals surface area contributed by atoms with Crippen LogP contribution in [-0.4, -0.2) is 19.9 Å². The Morgan fingerprint density at radius 3 is 2.47 bits per heavy atom. The summed E-state index contributed by atoms with van der Waals surface area (Å²) in [6.45, 7) is 3.14. The van der Waals surface area contributed by atoms with Crippen molar-refractivity contribution in [3.05, 3.63) is 11.3 Å². The molecule has 1 fully saturated rings. The van der Waals surface area contributed by atoms with Crippen LogP contribution in [0.3, 0.4) is 0 Å². The molecule has 0 aromatic carbocycles. The third-order valence-electron chi connectivity index (χ3n) is 2.47. The minimum absolute atomic E-state index is 0.0103. The molecule has 6 heteroatoms. The Bertz CT molecular complexity index is 483. The number of hydrogen-bond donors (Lipinski definition) is 1. The Hall–Kier alpha value is -1.17. The van der Waals surface area contributed by atoms with Crippen LogP contribution in [0.15, 0.2) is 15.7 Å². The van der Waals surface area contributed by atoms with Crippen LogP contribution in [0.25, 0.3) is 0 Å². The normalized spacial score (nSPS) is 24.5. The van der Waals surface area contributed by atoms with Gasteiger partial charge in [-0.1, -0.05) is 0 Å². The van der Waals surface area contributed by atoms with Crippen molar-refractivity contribution in [2.24, 2.45) is 10.3 Å². The van der Waals surface area contributed by atoms with Crippen LogP contribution in [0.4, 0.5) is 0 Å². The van der Waals surface area contributed by atoms with Crippen molar-refractivity contribution in [2.45, 2.75) is 26.7 Å². The molecule has 2 aliphatic rings. The minimum Gasteiger partial charge on any atom is -0.294 e. The highest BCUT2D eigenvalue weighted by Crippen LogP contribution is 2.33. The SMILES string of the molecule is CC1=NS(=O)(=O)NC(C)=C1C(=O)C1CC1. The van der Waals surface area contributed by atoms with E-state index in [1.54, 1.807) is 13.8 Å². The third kappa shape index (κ3) is 1.94. The molecule has 1 heterocycles. The van der Waals surface area contributed by atoms with E-state index in [0.717, 1.165) is 12.8 Å². The summed E-state index contributed by atoms with van der Waals surface area (Å²) >= 11 is 0. The second-order valence-electron chi connectivity index (χ2n) is 3.89. The number of hydrogen-bond acceptors (Lipinski definition) is 3. The molecule has 1 N–H and O–H groups in total. The van der Waals surface area contributed by atoms with Crippen molar-refractivity contribution in [1.82, 2.24) is 4.72 Å². The van der Waals surface area contributed by atoms with Gasteiger partial charge >= 0.3 is 10.2 Å². The van der Waals surface area contributed by atoms with Crippen molar-refractivity contribution in [2.75, 3.05) is 0 Å². The second kappa shape index (κ2) is 3.16. The molecule has 0 atom stereocenters. The fourth-order valence-corrected chi connectivity index (χ4v) is 2.66. The lowest BCUT2D eigenvalue weighted by molar-refractivity contribution is -0.116. The van der Waals surface area contributed by atoms with Gasteiger partial charge in [0, 0.05) is 11.6 Å². The van der Waals surface area contributed by atoms with Crippen molar-refractivity contribution in [1.29, 1.82) is 0 Å². The summed E-state index contributed by atoms with van der Waals surface area (Å²) in [4.78, 5) is 11.8. The predicted molar refractivity (Wildman–Crippen MR) is 55.6 cm³/mol. The Morgan fingerprint density at radius 1 is 1.40 bits per heavy atom. The van der Waals surface area contributed by atoms with Gasteiger partial charge in [-0.2, -0.15) is 8.42 Å². The molecule has 0 unspecified atom stereocenters. The molecule has 0 amide bonds. The molecule has 15 heavy (non-hydrogen) atoms. The molecule has 0 saturated heterocycles. The van der Waals surface area contributed by atoms with Gasteiger partial charge in [0.2, 0.25) is 0 Å². The second-order valence-corrected chi connectivity index (χ2v) is 5.23. The molecule has 0 radical (unpaired) electrons. The molecule has 2 rings (SSSR count). The Balaban J connectivity index is 2.40. The number of Topliss-reactive ketones (excluding diaryl/α,β-unsaturated/α-hetero) is 1. The topological polar surface area (TPSA) is 75.6 Å². The van der Waals surface area contributed by atoms with E-state index in [0.29, 0.717) is 17.0 Å². The molecule has 5 nitrogen and oxygen atoms in total. The van der Waals surface area contributed by atoms with Crippen molar-refractivity contribution in [3.8, 4) is 0 Å². The highest BCUT2D eigenvalue weighted by atomic mass is 32.2. The van der Waals surface area contributed by atoms with Gasteiger partial charge in [-0.25, -0.2) is 0 Å². The van der Waals surface area contributed by atoms with Gasteiger partial charge in [0.25, 0.3) is 0 Å². The maximum absolute atomic E-state index is 11.8. The van der Waals surface area contributed by atoms with Crippen molar-refractivity contribution in [3.63, 3.8) is 0 Å². The first-order valence-electron chi connectivity index (χ1n) is 4.75. The first kappa shape index (κ1) is 10.4. The first-order chi connectivity index (χ1) is 6.91. The number of rotatable bonds is 2. The molecular formula is C9H12N2O3S. The van der Waals surface area contributed by atoms with E-state index < -0.39 is 10.2 Å². The zero-order chi connectivity index (χ0) is 11.2. The molecule has 1 saturated carbocycles. The fourth-order valence-electron chi connectivity index (χ4n) is 1.68. The number of carbonyl (C=O) groups excluding carboxylic acids is 1. The molecule has 1 aliphatic heterocycles. The van der Waals surface area contributed by atoms with E-state index in [1.165, 1.54) is 0 Å². The molecule has 0 spiro atoms. The van der Waals surface area contributed by atoms with Crippen molar-refractivity contribution < 1.29 is 13.2 Å².